The number of nitrogens with zero attached hydrogens (tertiary/aromatic N) is 1. The molecule has 2 aromatic carbocycles. The monoisotopic (exact) mass is 505 g/mol. The first-order valence-electron chi connectivity index (χ1n) is 13.6. The van der Waals surface area contributed by atoms with Crippen LogP contribution in [0.4, 0.5) is 0 Å². The zero-order valence-electron chi connectivity index (χ0n) is 25.1. The van der Waals surface area contributed by atoms with Gasteiger partial charge in [0.15, 0.2) is 0 Å². The molecule has 0 fully saturated rings. The molecule has 0 spiro atoms. The van der Waals surface area contributed by atoms with Crippen molar-refractivity contribution >= 4 is 5.78 Å². The predicted molar refractivity (Wildman–Crippen MR) is 161 cm³/mol. The van der Waals surface area contributed by atoms with Crippen molar-refractivity contribution < 1.29 is 9.53 Å². The van der Waals surface area contributed by atoms with Gasteiger partial charge in [0.05, 0.1) is 7.11 Å². The summed E-state index contributed by atoms with van der Waals surface area (Å²) in [5.74, 6) is 1.82. The number of ether oxygens (including phenoxy) is 1. The van der Waals surface area contributed by atoms with Gasteiger partial charge in [-0.1, -0.05) is 104 Å². The van der Waals surface area contributed by atoms with E-state index >= 15 is 0 Å². The van der Waals surface area contributed by atoms with Crippen LogP contribution in [0.15, 0.2) is 73.1 Å². The second-order valence-electron chi connectivity index (χ2n) is 10.4. The molecule has 3 aromatic rings. The summed E-state index contributed by atoms with van der Waals surface area (Å²) in [7, 11) is 1.69. The van der Waals surface area contributed by atoms with Crippen molar-refractivity contribution in [2.24, 2.45) is 0 Å². The second-order valence-corrected chi connectivity index (χ2v) is 10.4. The molecule has 0 N–H and O–H groups in total. The molecule has 1 aromatic heterocycles. The Morgan fingerprint density at radius 3 is 1.78 bits per heavy atom. The first-order valence-corrected chi connectivity index (χ1v) is 13.6. The standard InChI is InChI=1S/C13H20.C10H14O.C7H9N.C4H8O/c1-10(2)11-6-8-12(9-7-11)13(3,4)5;1-3-4-9-5-7-10(11-2)8-6-9;1-2-7-4-3-5-8-6-7;1-3-4(2)5/h6-10H,1-5H3;5-8H,3-4H2,1-2H3;3-6H,2H2,1H3;3H2,1-2H3. The Labute approximate surface area is 227 Å². The summed E-state index contributed by atoms with van der Waals surface area (Å²) in [6, 6.07) is 21.2. The van der Waals surface area contributed by atoms with Gasteiger partial charge in [-0.25, -0.2) is 0 Å². The van der Waals surface area contributed by atoms with Crippen molar-refractivity contribution in [3.05, 3.63) is 95.3 Å². The quantitative estimate of drug-likeness (QED) is 0.335. The van der Waals surface area contributed by atoms with Crippen LogP contribution in [0.25, 0.3) is 0 Å². The van der Waals surface area contributed by atoms with Gasteiger partial charge in [0.2, 0.25) is 0 Å². The van der Waals surface area contributed by atoms with E-state index in [1.54, 1.807) is 20.2 Å². The molecule has 0 saturated heterocycles. The number of hydrogen-bond acceptors (Lipinski definition) is 3. The third-order valence-corrected chi connectivity index (χ3v) is 5.77. The maximum Gasteiger partial charge on any atom is 0.129 e. The fraction of sp³-hybridized carbons (Fsp3) is 0.471. The minimum absolute atomic E-state index is 0.255. The minimum atomic E-state index is 0.255. The normalized spacial score (nSPS) is 10.1. The summed E-state index contributed by atoms with van der Waals surface area (Å²) in [5.41, 5.74) is 5.79. The number of methoxy groups -OCH3 is 1. The van der Waals surface area contributed by atoms with Gasteiger partial charge in [-0.05, 0) is 71.6 Å². The molecule has 0 amide bonds. The lowest BCUT2D eigenvalue weighted by molar-refractivity contribution is -0.116. The van der Waals surface area contributed by atoms with Crippen molar-refractivity contribution in [3.8, 4) is 5.75 Å². The highest BCUT2D eigenvalue weighted by atomic mass is 16.5. The van der Waals surface area contributed by atoms with E-state index in [-0.39, 0.29) is 11.2 Å². The van der Waals surface area contributed by atoms with Crippen LogP contribution in [0.2, 0.25) is 0 Å². The highest BCUT2D eigenvalue weighted by Crippen LogP contribution is 2.24. The van der Waals surface area contributed by atoms with Crippen LogP contribution in [0.1, 0.15) is 103 Å². The van der Waals surface area contributed by atoms with Crippen molar-refractivity contribution in [1.29, 1.82) is 0 Å². The molecule has 1 heterocycles. The number of carbonyl (C=O) groups is 1. The molecule has 3 rings (SSSR count). The number of Topliss-reactive ketones (excluding diaryl/α,β-unsaturated/α-hetero) is 1. The molecule has 0 unspecified atom stereocenters. The molecule has 0 atom stereocenters. The van der Waals surface area contributed by atoms with Gasteiger partial charge >= 0.3 is 0 Å². The molecule has 204 valence electrons. The molecule has 37 heavy (non-hydrogen) atoms. The molecule has 0 radical (unpaired) electrons. The van der Waals surface area contributed by atoms with Crippen molar-refractivity contribution in [2.75, 3.05) is 7.11 Å². The molecule has 0 bridgehead atoms. The van der Waals surface area contributed by atoms with Gasteiger partial charge in [-0.15, -0.1) is 0 Å². The van der Waals surface area contributed by atoms with Gasteiger partial charge in [0.25, 0.3) is 0 Å². The van der Waals surface area contributed by atoms with Crippen molar-refractivity contribution in [2.45, 2.75) is 99.3 Å². The molecule has 3 nitrogen and oxygen atoms in total. The van der Waals surface area contributed by atoms with E-state index in [4.69, 9.17) is 4.74 Å². The van der Waals surface area contributed by atoms with Gasteiger partial charge in [-0.3, -0.25) is 4.98 Å². The smallest absolute Gasteiger partial charge is 0.129 e. The van der Waals surface area contributed by atoms with E-state index in [9.17, 15) is 4.79 Å². The van der Waals surface area contributed by atoms with E-state index in [0.717, 1.165) is 18.6 Å². The predicted octanol–water partition coefficient (Wildman–Crippen LogP) is 9.38. The van der Waals surface area contributed by atoms with Crippen LogP contribution < -0.4 is 4.74 Å². The average Bonchev–Trinajstić information content (AvgIpc) is 2.90. The van der Waals surface area contributed by atoms with Crippen LogP contribution >= 0.6 is 0 Å². The Bertz CT molecular complexity index is 953. The van der Waals surface area contributed by atoms with Crippen molar-refractivity contribution in [3.63, 3.8) is 0 Å². The molecule has 3 heteroatoms. The van der Waals surface area contributed by atoms with Gasteiger partial charge in [0.1, 0.15) is 11.5 Å². The van der Waals surface area contributed by atoms with Crippen LogP contribution in [0.5, 0.6) is 5.75 Å². The van der Waals surface area contributed by atoms with E-state index in [0.29, 0.717) is 12.3 Å². The van der Waals surface area contributed by atoms with Gasteiger partial charge in [0, 0.05) is 18.8 Å². The lowest BCUT2D eigenvalue weighted by atomic mass is 9.86. The summed E-state index contributed by atoms with van der Waals surface area (Å²) in [6.45, 7) is 18.9. The van der Waals surface area contributed by atoms with Crippen LogP contribution in [0.3, 0.4) is 0 Å². The zero-order valence-corrected chi connectivity index (χ0v) is 25.1. The zero-order chi connectivity index (χ0) is 28.3. The topological polar surface area (TPSA) is 39.2 Å². The second kappa shape index (κ2) is 19.2. The molecule has 0 aliphatic rings. The Morgan fingerprint density at radius 1 is 0.892 bits per heavy atom. The molecular formula is C34H51NO2. The highest BCUT2D eigenvalue weighted by Gasteiger charge is 2.12. The summed E-state index contributed by atoms with van der Waals surface area (Å²) in [4.78, 5) is 13.8. The molecule has 0 saturated carbocycles. The Hall–Kier alpha value is -2.94. The molecule has 0 aliphatic carbocycles. The number of benzene rings is 2. The number of hydrogen-bond donors (Lipinski definition) is 0. The number of ketones is 1. The maximum atomic E-state index is 9.81. The number of rotatable bonds is 6. The number of carbonyl (C=O) groups excluding carboxylic acids is 1. The SMILES string of the molecule is CC(C)c1ccc(C(C)(C)C)cc1.CCC(C)=O.CCCc1ccc(OC)cc1.CCc1cccnc1. The first-order chi connectivity index (χ1) is 17.5. The third kappa shape index (κ3) is 16.4. The van der Waals surface area contributed by atoms with E-state index < -0.39 is 0 Å². The van der Waals surface area contributed by atoms with Gasteiger partial charge in [-0.2, -0.15) is 0 Å². The lowest BCUT2D eigenvalue weighted by Crippen LogP contribution is -2.10. The van der Waals surface area contributed by atoms with Crippen LogP contribution in [-0.2, 0) is 23.1 Å². The average molecular weight is 506 g/mol. The summed E-state index contributed by atoms with van der Waals surface area (Å²) < 4.78 is 5.05. The Balaban J connectivity index is 0.000000492. The minimum Gasteiger partial charge on any atom is -0.497 e. The first kappa shape index (κ1) is 34.1. The molecular weight excluding hydrogens is 454 g/mol. The number of pyridine rings is 1. The summed E-state index contributed by atoms with van der Waals surface area (Å²) >= 11 is 0. The summed E-state index contributed by atoms with van der Waals surface area (Å²) in [5, 5.41) is 0. The van der Waals surface area contributed by atoms with E-state index in [1.807, 2.05) is 31.3 Å². The number of aromatic nitrogens is 1. The highest BCUT2D eigenvalue weighted by molar-refractivity contribution is 5.74. The van der Waals surface area contributed by atoms with E-state index in [1.165, 1.54) is 28.7 Å². The Kier molecular flexibility index (Phi) is 17.7. The fourth-order valence-corrected chi connectivity index (χ4v) is 3.06. The number of aryl methyl sites for hydroxylation is 2. The largest absolute Gasteiger partial charge is 0.497 e. The van der Waals surface area contributed by atoms with Crippen LogP contribution in [0, 0.1) is 0 Å². The lowest BCUT2D eigenvalue weighted by Gasteiger charge is -2.19. The van der Waals surface area contributed by atoms with Crippen LogP contribution in [-0.4, -0.2) is 17.9 Å². The van der Waals surface area contributed by atoms with E-state index in [2.05, 4.69) is 95.9 Å². The third-order valence-electron chi connectivity index (χ3n) is 5.77. The summed E-state index contributed by atoms with van der Waals surface area (Å²) in [6.07, 6.45) is 7.78. The van der Waals surface area contributed by atoms with Crippen molar-refractivity contribution in [1.82, 2.24) is 4.98 Å². The Morgan fingerprint density at radius 2 is 1.46 bits per heavy atom. The maximum absolute atomic E-state index is 9.81. The van der Waals surface area contributed by atoms with Gasteiger partial charge < -0.3 is 9.53 Å². The fourth-order valence-electron chi connectivity index (χ4n) is 3.06. The molecule has 0 aliphatic heterocycles.